The molecule has 0 unspecified atom stereocenters. The van der Waals surface area contributed by atoms with Crippen LogP contribution in [0.3, 0.4) is 0 Å². The molecule has 0 radical (unpaired) electrons. The number of benzene rings is 2. The van der Waals surface area contributed by atoms with E-state index in [1.807, 2.05) is 0 Å². The van der Waals surface area contributed by atoms with Gasteiger partial charge in [-0.2, -0.15) is 0 Å². The van der Waals surface area contributed by atoms with Crippen LogP contribution in [0.2, 0.25) is 0 Å². The third-order valence-corrected chi connectivity index (χ3v) is 3.77. The second-order valence-corrected chi connectivity index (χ2v) is 5.93. The second-order valence-electron chi connectivity index (χ2n) is 4.16. The molecule has 7 nitrogen and oxygen atoms in total. The number of amides is 2. The van der Waals surface area contributed by atoms with Crippen molar-refractivity contribution in [1.29, 1.82) is 0 Å². The number of non-ortho nitro benzene ring substituents is 1. The number of phenolic OH excluding ortho intramolecular Hbond substituents is 1. The van der Waals surface area contributed by atoms with Gasteiger partial charge >= 0.3 is 6.03 Å². The first-order valence-corrected chi connectivity index (χ1v) is 7.46. The molecular formula is C13H9Br2N3O4. The SMILES string of the molecule is O=C(Nc1ccc([N+](=O)[O-])cc1O)Nc1ccc(Br)cc1Br. The number of rotatable bonds is 3. The lowest BCUT2D eigenvalue weighted by Gasteiger charge is -2.10. The van der Waals surface area contributed by atoms with Crippen molar-refractivity contribution in [2.24, 2.45) is 0 Å². The first-order chi connectivity index (χ1) is 10.4. The molecular weight excluding hydrogens is 422 g/mol. The van der Waals surface area contributed by atoms with Gasteiger partial charge in [0.2, 0.25) is 0 Å². The summed E-state index contributed by atoms with van der Waals surface area (Å²) in [7, 11) is 0. The molecule has 0 heterocycles. The van der Waals surface area contributed by atoms with E-state index >= 15 is 0 Å². The van der Waals surface area contributed by atoms with Crippen molar-refractivity contribution >= 4 is 55.0 Å². The normalized spacial score (nSPS) is 10.1. The average molecular weight is 431 g/mol. The summed E-state index contributed by atoms with van der Waals surface area (Å²) in [5, 5.41) is 25.3. The highest BCUT2D eigenvalue weighted by molar-refractivity contribution is 9.11. The Morgan fingerprint density at radius 2 is 1.73 bits per heavy atom. The van der Waals surface area contributed by atoms with Gasteiger partial charge in [-0.25, -0.2) is 4.79 Å². The Balaban J connectivity index is 2.10. The van der Waals surface area contributed by atoms with Crippen LogP contribution in [0.1, 0.15) is 0 Å². The fraction of sp³-hybridized carbons (Fsp3) is 0. The Morgan fingerprint density at radius 3 is 2.32 bits per heavy atom. The number of nitro groups is 1. The zero-order valence-corrected chi connectivity index (χ0v) is 14.0. The van der Waals surface area contributed by atoms with Crippen molar-refractivity contribution in [3.63, 3.8) is 0 Å². The molecule has 0 bridgehead atoms. The Bertz CT molecular complexity index is 752. The van der Waals surface area contributed by atoms with Crippen LogP contribution in [-0.4, -0.2) is 16.1 Å². The molecule has 9 heteroatoms. The summed E-state index contributed by atoms with van der Waals surface area (Å²) >= 11 is 6.60. The van der Waals surface area contributed by atoms with Crippen LogP contribution in [0.4, 0.5) is 21.9 Å². The van der Waals surface area contributed by atoms with Gasteiger partial charge in [-0.1, -0.05) is 15.9 Å². The lowest BCUT2D eigenvalue weighted by atomic mass is 10.2. The van der Waals surface area contributed by atoms with Gasteiger partial charge < -0.3 is 15.7 Å². The molecule has 0 aliphatic heterocycles. The highest BCUT2D eigenvalue weighted by Gasteiger charge is 2.12. The van der Waals surface area contributed by atoms with Gasteiger partial charge in [-0.05, 0) is 40.2 Å². The fourth-order valence-corrected chi connectivity index (χ4v) is 2.75. The van der Waals surface area contributed by atoms with Crippen LogP contribution in [0.5, 0.6) is 5.75 Å². The number of hydrogen-bond donors (Lipinski definition) is 3. The highest BCUT2D eigenvalue weighted by Crippen LogP contribution is 2.29. The largest absolute Gasteiger partial charge is 0.506 e. The van der Waals surface area contributed by atoms with Crippen molar-refractivity contribution in [2.75, 3.05) is 10.6 Å². The van der Waals surface area contributed by atoms with E-state index in [-0.39, 0.29) is 17.1 Å². The van der Waals surface area contributed by atoms with Crippen molar-refractivity contribution < 1.29 is 14.8 Å². The predicted molar refractivity (Wildman–Crippen MR) is 89.2 cm³/mol. The first kappa shape index (κ1) is 16.2. The molecule has 0 aliphatic carbocycles. The lowest BCUT2D eigenvalue weighted by molar-refractivity contribution is -0.384. The molecule has 22 heavy (non-hydrogen) atoms. The van der Waals surface area contributed by atoms with E-state index in [1.54, 1.807) is 18.2 Å². The standard InChI is InChI=1S/C13H9Br2N3O4/c14-7-1-3-10(9(15)5-7)16-13(20)17-11-4-2-8(18(21)22)6-12(11)19/h1-6,19H,(H2,16,17,20). The van der Waals surface area contributed by atoms with E-state index in [2.05, 4.69) is 42.5 Å². The van der Waals surface area contributed by atoms with E-state index in [1.165, 1.54) is 12.1 Å². The number of carbonyl (C=O) groups is 1. The van der Waals surface area contributed by atoms with Gasteiger partial charge in [-0.15, -0.1) is 0 Å². The van der Waals surface area contributed by atoms with Crippen LogP contribution in [0, 0.1) is 10.1 Å². The molecule has 2 aromatic rings. The van der Waals surface area contributed by atoms with Gasteiger partial charge in [0.15, 0.2) is 0 Å². The van der Waals surface area contributed by atoms with Crippen molar-refractivity contribution in [2.45, 2.75) is 0 Å². The van der Waals surface area contributed by atoms with Crippen molar-refractivity contribution in [1.82, 2.24) is 0 Å². The van der Waals surface area contributed by atoms with E-state index in [4.69, 9.17) is 0 Å². The van der Waals surface area contributed by atoms with Gasteiger partial charge in [0.1, 0.15) is 5.75 Å². The number of nitrogens with one attached hydrogen (secondary N) is 2. The summed E-state index contributed by atoms with van der Waals surface area (Å²) in [6.07, 6.45) is 0. The van der Waals surface area contributed by atoms with Crippen LogP contribution in [0.15, 0.2) is 45.3 Å². The second kappa shape index (κ2) is 6.75. The molecule has 0 saturated heterocycles. The topological polar surface area (TPSA) is 104 Å². The molecule has 2 rings (SSSR count). The minimum Gasteiger partial charge on any atom is -0.506 e. The number of phenols is 1. The maximum atomic E-state index is 11.9. The predicted octanol–water partition coefficient (Wildman–Crippen LogP) is 4.47. The quantitative estimate of drug-likeness (QED) is 0.379. The summed E-state index contributed by atoms with van der Waals surface area (Å²) in [6.45, 7) is 0. The maximum Gasteiger partial charge on any atom is 0.323 e. The summed E-state index contributed by atoms with van der Waals surface area (Å²) < 4.78 is 1.52. The molecule has 0 saturated carbocycles. The van der Waals surface area contributed by atoms with Gasteiger partial charge in [0.05, 0.1) is 22.4 Å². The molecule has 0 aliphatic rings. The number of hydrogen-bond acceptors (Lipinski definition) is 4. The summed E-state index contributed by atoms with van der Waals surface area (Å²) in [5.41, 5.74) is 0.331. The monoisotopic (exact) mass is 429 g/mol. The summed E-state index contributed by atoms with van der Waals surface area (Å²) in [6, 6.07) is 8.01. The number of carbonyl (C=O) groups excluding carboxylic acids is 1. The molecule has 0 aromatic heterocycles. The summed E-state index contributed by atoms with van der Waals surface area (Å²) in [5.74, 6) is -0.390. The third kappa shape index (κ3) is 3.95. The van der Waals surface area contributed by atoms with E-state index < -0.39 is 11.0 Å². The number of nitro benzene ring substituents is 1. The molecule has 0 atom stereocenters. The van der Waals surface area contributed by atoms with E-state index in [9.17, 15) is 20.0 Å². The Kier molecular flexibility index (Phi) is 4.99. The van der Waals surface area contributed by atoms with Crippen LogP contribution in [-0.2, 0) is 0 Å². The van der Waals surface area contributed by atoms with Gasteiger partial charge in [0, 0.05) is 15.0 Å². The van der Waals surface area contributed by atoms with Crippen LogP contribution in [0.25, 0.3) is 0 Å². The minimum atomic E-state index is -0.636. The zero-order valence-electron chi connectivity index (χ0n) is 10.8. The molecule has 114 valence electrons. The number of anilines is 2. The number of urea groups is 1. The molecule has 3 N–H and O–H groups in total. The van der Waals surface area contributed by atoms with Gasteiger partial charge in [-0.3, -0.25) is 10.1 Å². The molecule has 0 spiro atoms. The van der Waals surface area contributed by atoms with Crippen molar-refractivity contribution in [3.05, 3.63) is 55.5 Å². The third-order valence-electron chi connectivity index (χ3n) is 2.62. The van der Waals surface area contributed by atoms with Gasteiger partial charge in [0.25, 0.3) is 5.69 Å². The Hall–Kier alpha value is -2.13. The van der Waals surface area contributed by atoms with Crippen LogP contribution < -0.4 is 10.6 Å². The number of halogens is 2. The van der Waals surface area contributed by atoms with Crippen molar-refractivity contribution in [3.8, 4) is 5.75 Å². The minimum absolute atomic E-state index is 0.0661. The van der Waals surface area contributed by atoms with E-state index in [0.29, 0.717) is 10.2 Å². The average Bonchev–Trinajstić information content (AvgIpc) is 2.44. The summed E-state index contributed by atoms with van der Waals surface area (Å²) in [4.78, 5) is 21.8. The van der Waals surface area contributed by atoms with E-state index in [0.717, 1.165) is 10.5 Å². The number of aromatic hydroxyl groups is 1. The Labute approximate surface area is 141 Å². The highest BCUT2D eigenvalue weighted by atomic mass is 79.9. The lowest BCUT2D eigenvalue weighted by Crippen LogP contribution is -2.19. The fourth-order valence-electron chi connectivity index (χ4n) is 1.61. The maximum absolute atomic E-state index is 11.9. The smallest absolute Gasteiger partial charge is 0.323 e. The number of nitrogens with zero attached hydrogens (tertiary/aromatic N) is 1. The zero-order chi connectivity index (χ0) is 16.3. The molecule has 0 fully saturated rings. The molecule has 2 amide bonds. The first-order valence-electron chi connectivity index (χ1n) is 5.87. The van der Waals surface area contributed by atoms with Crippen LogP contribution >= 0.6 is 31.9 Å². The molecule has 2 aromatic carbocycles. The Morgan fingerprint density at radius 1 is 1.09 bits per heavy atom.